The van der Waals surface area contributed by atoms with Crippen LogP contribution in [0.5, 0.6) is 5.75 Å². The fourth-order valence-electron chi connectivity index (χ4n) is 5.23. The molecule has 3 aromatic rings. The fraction of sp³-hybridized carbons (Fsp3) is 0.486. The van der Waals surface area contributed by atoms with Crippen LogP contribution in [0.2, 0.25) is 0 Å². The molecule has 0 bridgehead atoms. The minimum absolute atomic E-state index is 0.129. The zero-order chi connectivity index (χ0) is 28.3. The molecule has 3 nitrogen and oxygen atoms in total. The van der Waals surface area contributed by atoms with Gasteiger partial charge in [0.05, 0.1) is 0 Å². The number of hydrogen-bond donors (Lipinski definition) is 3. The van der Waals surface area contributed by atoms with Gasteiger partial charge in [-0.2, -0.15) is 0 Å². The first-order valence-corrected chi connectivity index (χ1v) is 14.1. The summed E-state index contributed by atoms with van der Waals surface area (Å²) >= 11 is 0. The van der Waals surface area contributed by atoms with Crippen LogP contribution in [0, 0.1) is 11.3 Å². The first-order chi connectivity index (χ1) is 17.5. The van der Waals surface area contributed by atoms with Crippen molar-refractivity contribution in [3.05, 3.63) is 82.9 Å². The standard InChI is InChI=1S/C35H50N2O/c1-24(22-33(2,3)4)19-25-11-13-28(14-12-25)37-29-17-15-27(16-18-29)36-23-26-20-30(34(5,6)7)32(38)31(21-26)35(8,9)10/h11-18,20-21,24,36-38H,19,22-23H2,1-10H3. The summed E-state index contributed by atoms with van der Waals surface area (Å²) in [7, 11) is 0. The predicted octanol–water partition coefficient (Wildman–Crippen LogP) is 9.96. The van der Waals surface area contributed by atoms with E-state index in [4.69, 9.17) is 0 Å². The molecule has 3 rings (SSSR count). The molecule has 0 spiro atoms. The van der Waals surface area contributed by atoms with E-state index < -0.39 is 0 Å². The van der Waals surface area contributed by atoms with Crippen molar-refractivity contribution in [2.75, 3.05) is 10.6 Å². The second-order valence-corrected chi connectivity index (χ2v) is 14.4. The van der Waals surface area contributed by atoms with Crippen LogP contribution in [0.4, 0.5) is 17.1 Å². The van der Waals surface area contributed by atoms with Gasteiger partial charge in [-0.25, -0.2) is 0 Å². The van der Waals surface area contributed by atoms with Gasteiger partial charge in [0, 0.05) is 23.6 Å². The van der Waals surface area contributed by atoms with Gasteiger partial charge in [0.15, 0.2) is 0 Å². The smallest absolute Gasteiger partial charge is 0.123 e. The lowest BCUT2D eigenvalue weighted by Crippen LogP contribution is -2.18. The van der Waals surface area contributed by atoms with Crippen LogP contribution in [0.3, 0.4) is 0 Å². The molecule has 0 saturated heterocycles. The van der Waals surface area contributed by atoms with E-state index in [1.54, 1.807) is 0 Å². The quantitative estimate of drug-likeness (QED) is 0.280. The second kappa shape index (κ2) is 11.4. The molecule has 3 N–H and O–H groups in total. The third-order valence-corrected chi connectivity index (χ3v) is 6.95. The predicted molar refractivity (Wildman–Crippen MR) is 166 cm³/mol. The van der Waals surface area contributed by atoms with E-state index >= 15 is 0 Å². The highest BCUT2D eigenvalue weighted by atomic mass is 16.3. The van der Waals surface area contributed by atoms with E-state index in [0.717, 1.165) is 34.6 Å². The number of rotatable bonds is 8. The average Bonchev–Trinajstić information content (AvgIpc) is 2.78. The van der Waals surface area contributed by atoms with E-state index in [-0.39, 0.29) is 10.8 Å². The van der Waals surface area contributed by atoms with Gasteiger partial charge in [-0.3, -0.25) is 0 Å². The van der Waals surface area contributed by atoms with Crippen molar-refractivity contribution in [1.29, 1.82) is 0 Å². The lowest BCUT2D eigenvalue weighted by atomic mass is 9.78. The zero-order valence-electron chi connectivity index (χ0n) is 25.4. The van der Waals surface area contributed by atoms with Crippen molar-refractivity contribution in [2.24, 2.45) is 11.3 Å². The van der Waals surface area contributed by atoms with Gasteiger partial charge in [-0.05, 0) is 106 Å². The monoisotopic (exact) mass is 514 g/mol. The Morgan fingerprint density at radius 2 is 1.11 bits per heavy atom. The van der Waals surface area contributed by atoms with Crippen molar-refractivity contribution < 1.29 is 5.11 Å². The molecule has 0 aromatic heterocycles. The molecule has 0 aliphatic rings. The Morgan fingerprint density at radius 1 is 0.658 bits per heavy atom. The summed E-state index contributed by atoms with van der Waals surface area (Å²) in [5.41, 5.74) is 7.92. The highest BCUT2D eigenvalue weighted by molar-refractivity contribution is 5.63. The molecule has 1 atom stereocenters. The van der Waals surface area contributed by atoms with Gasteiger partial charge in [0.2, 0.25) is 0 Å². The van der Waals surface area contributed by atoms with E-state index in [9.17, 15) is 5.11 Å². The highest BCUT2D eigenvalue weighted by Gasteiger charge is 2.26. The van der Waals surface area contributed by atoms with E-state index in [1.807, 2.05) is 0 Å². The molecule has 0 radical (unpaired) electrons. The lowest BCUT2D eigenvalue weighted by molar-refractivity contribution is 0.306. The fourth-order valence-corrected chi connectivity index (χ4v) is 5.23. The number of anilines is 3. The topological polar surface area (TPSA) is 44.3 Å². The molecule has 0 fully saturated rings. The van der Waals surface area contributed by atoms with Crippen LogP contribution in [-0.2, 0) is 23.8 Å². The first-order valence-electron chi connectivity index (χ1n) is 14.1. The summed E-state index contributed by atoms with van der Waals surface area (Å²) in [4.78, 5) is 0. The molecule has 0 aliphatic carbocycles. The molecule has 3 aromatic carbocycles. The van der Waals surface area contributed by atoms with Crippen molar-refractivity contribution in [2.45, 2.75) is 99.5 Å². The zero-order valence-corrected chi connectivity index (χ0v) is 25.4. The molecular formula is C35H50N2O. The summed E-state index contributed by atoms with van der Waals surface area (Å²) in [5, 5.41) is 18.1. The Kier molecular flexibility index (Phi) is 8.91. The SMILES string of the molecule is CC(Cc1ccc(Nc2ccc(NCc3cc(C(C)(C)C)c(O)c(C(C)(C)C)c3)cc2)cc1)CC(C)(C)C. The number of benzene rings is 3. The Bertz CT molecular complexity index is 1150. The van der Waals surface area contributed by atoms with Crippen LogP contribution in [0.1, 0.15) is 97.9 Å². The summed E-state index contributed by atoms with van der Waals surface area (Å²) < 4.78 is 0. The summed E-state index contributed by atoms with van der Waals surface area (Å²) in [6, 6.07) is 21.6. The first kappa shape index (κ1) is 29.6. The van der Waals surface area contributed by atoms with Crippen LogP contribution < -0.4 is 10.6 Å². The van der Waals surface area contributed by atoms with Crippen molar-refractivity contribution in [1.82, 2.24) is 0 Å². The van der Waals surface area contributed by atoms with E-state index in [2.05, 4.69) is 141 Å². The molecule has 0 saturated carbocycles. The second-order valence-electron chi connectivity index (χ2n) is 14.4. The number of nitrogens with one attached hydrogen (secondary N) is 2. The maximum absolute atomic E-state index is 11.0. The number of aromatic hydroxyl groups is 1. The third-order valence-electron chi connectivity index (χ3n) is 6.95. The van der Waals surface area contributed by atoms with Crippen molar-refractivity contribution in [3.63, 3.8) is 0 Å². The average molecular weight is 515 g/mol. The van der Waals surface area contributed by atoms with Gasteiger partial charge in [-0.1, -0.05) is 81.4 Å². The Morgan fingerprint density at radius 3 is 1.55 bits per heavy atom. The maximum Gasteiger partial charge on any atom is 0.123 e. The molecule has 0 heterocycles. The minimum Gasteiger partial charge on any atom is -0.507 e. The Balaban J connectivity index is 1.63. The van der Waals surface area contributed by atoms with Gasteiger partial charge < -0.3 is 15.7 Å². The van der Waals surface area contributed by atoms with Gasteiger partial charge in [0.25, 0.3) is 0 Å². The van der Waals surface area contributed by atoms with Crippen molar-refractivity contribution >= 4 is 17.1 Å². The van der Waals surface area contributed by atoms with Crippen LogP contribution in [0.25, 0.3) is 0 Å². The van der Waals surface area contributed by atoms with Gasteiger partial charge in [-0.15, -0.1) is 0 Å². The van der Waals surface area contributed by atoms with Gasteiger partial charge in [0.1, 0.15) is 5.75 Å². The maximum atomic E-state index is 11.0. The Hall–Kier alpha value is -2.94. The summed E-state index contributed by atoms with van der Waals surface area (Å²) in [5.74, 6) is 1.10. The van der Waals surface area contributed by atoms with Gasteiger partial charge >= 0.3 is 0 Å². The Labute approximate surface area is 232 Å². The molecular weight excluding hydrogens is 464 g/mol. The summed E-state index contributed by atoms with van der Waals surface area (Å²) in [6.45, 7) is 22.9. The normalized spacial score (nSPS) is 13.3. The van der Waals surface area contributed by atoms with E-state index in [1.165, 1.54) is 17.5 Å². The molecule has 1 unspecified atom stereocenters. The van der Waals surface area contributed by atoms with Crippen LogP contribution >= 0.6 is 0 Å². The number of phenolic OH excluding ortho intramolecular Hbond substituents is 1. The molecule has 0 amide bonds. The molecule has 206 valence electrons. The largest absolute Gasteiger partial charge is 0.507 e. The lowest BCUT2D eigenvalue weighted by Gasteiger charge is -2.28. The number of phenols is 1. The minimum atomic E-state index is -0.129. The summed E-state index contributed by atoms with van der Waals surface area (Å²) in [6.07, 6.45) is 2.35. The molecule has 38 heavy (non-hydrogen) atoms. The van der Waals surface area contributed by atoms with E-state index in [0.29, 0.717) is 23.6 Å². The van der Waals surface area contributed by atoms with Crippen LogP contribution in [-0.4, -0.2) is 5.11 Å². The molecule has 0 aliphatic heterocycles. The molecule has 3 heteroatoms. The highest BCUT2D eigenvalue weighted by Crippen LogP contribution is 2.40. The van der Waals surface area contributed by atoms with Crippen LogP contribution in [0.15, 0.2) is 60.7 Å². The van der Waals surface area contributed by atoms with Crippen molar-refractivity contribution in [3.8, 4) is 5.75 Å². The third kappa shape index (κ3) is 8.55. The number of hydrogen-bond acceptors (Lipinski definition) is 3.